The van der Waals surface area contributed by atoms with Gasteiger partial charge in [-0.1, -0.05) is 19.9 Å². The molecule has 0 aliphatic rings. The first-order valence-corrected chi connectivity index (χ1v) is 5.68. The molecule has 5 heteroatoms. The molecule has 0 aliphatic carbocycles. The molecule has 12 heavy (non-hydrogen) atoms. The number of hydrogen-bond acceptors (Lipinski definition) is 4. The molecule has 0 aromatic heterocycles. The largest absolute Gasteiger partial charge is 0.565 e. The molecule has 0 fully saturated rings. The van der Waals surface area contributed by atoms with Crippen LogP contribution in [0.3, 0.4) is 0 Å². The molecule has 4 nitrogen and oxygen atoms in total. The SMILES string of the molecule is C=CC(=O)O[Si](O)(CCC)OC. The molecule has 0 saturated carbocycles. The van der Waals surface area contributed by atoms with Crippen LogP contribution in [0, 0.1) is 0 Å². The van der Waals surface area contributed by atoms with Gasteiger partial charge in [0.15, 0.2) is 0 Å². The first-order chi connectivity index (χ1) is 5.58. The van der Waals surface area contributed by atoms with E-state index >= 15 is 0 Å². The van der Waals surface area contributed by atoms with Crippen molar-refractivity contribution in [3.8, 4) is 0 Å². The van der Waals surface area contributed by atoms with Gasteiger partial charge in [0.2, 0.25) is 0 Å². The van der Waals surface area contributed by atoms with E-state index in [0.29, 0.717) is 12.5 Å². The predicted molar refractivity (Wildman–Crippen MR) is 46.4 cm³/mol. The van der Waals surface area contributed by atoms with Crippen LogP contribution in [0.25, 0.3) is 0 Å². The van der Waals surface area contributed by atoms with Gasteiger partial charge in [-0.05, 0) is 0 Å². The van der Waals surface area contributed by atoms with Crippen LogP contribution in [0.2, 0.25) is 6.04 Å². The number of rotatable bonds is 5. The van der Waals surface area contributed by atoms with Gasteiger partial charge < -0.3 is 13.6 Å². The zero-order chi connectivity index (χ0) is 9.61. The summed E-state index contributed by atoms with van der Waals surface area (Å²) in [7, 11) is -1.90. The molecule has 0 aromatic rings. The summed E-state index contributed by atoms with van der Waals surface area (Å²) in [5.74, 6) is -0.639. The Morgan fingerprint density at radius 1 is 1.75 bits per heavy atom. The maximum Gasteiger partial charge on any atom is 0.565 e. The van der Waals surface area contributed by atoms with E-state index in [9.17, 15) is 9.59 Å². The number of carbonyl (C=O) groups is 1. The summed E-state index contributed by atoms with van der Waals surface area (Å²) in [6.07, 6.45) is 1.72. The second kappa shape index (κ2) is 5.07. The Morgan fingerprint density at radius 2 is 2.33 bits per heavy atom. The molecule has 1 N–H and O–H groups in total. The molecule has 0 heterocycles. The highest BCUT2D eigenvalue weighted by Gasteiger charge is 2.38. The molecule has 70 valence electrons. The highest BCUT2D eigenvalue weighted by Crippen LogP contribution is 2.11. The molecule has 0 radical (unpaired) electrons. The second-order valence-electron chi connectivity index (χ2n) is 2.29. The minimum atomic E-state index is -3.23. The summed E-state index contributed by atoms with van der Waals surface area (Å²) in [5.41, 5.74) is 0. The minimum Gasteiger partial charge on any atom is -0.470 e. The first-order valence-electron chi connectivity index (χ1n) is 3.71. The maximum atomic E-state index is 10.7. The lowest BCUT2D eigenvalue weighted by Gasteiger charge is -2.19. The molecule has 1 unspecified atom stereocenters. The van der Waals surface area contributed by atoms with Gasteiger partial charge >= 0.3 is 14.8 Å². The Hall–Kier alpha value is -0.653. The van der Waals surface area contributed by atoms with E-state index in [1.165, 1.54) is 7.11 Å². The Balaban J connectivity index is 4.12. The van der Waals surface area contributed by atoms with Crippen molar-refractivity contribution in [2.75, 3.05) is 7.11 Å². The Labute approximate surface area is 73.2 Å². The third kappa shape index (κ3) is 3.66. The van der Waals surface area contributed by atoms with Crippen molar-refractivity contribution in [2.24, 2.45) is 0 Å². The maximum absolute atomic E-state index is 10.7. The van der Waals surface area contributed by atoms with Crippen molar-refractivity contribution in [3.05, 3.63) is 12.7 Å². The smallest absolute Gasteiger partial charge is 0.470 e. The standard InChI is InChI=1S/C7H14O4Si/c1-4-6-12(9,10-3)11-7(8)5-2/h5,9H,2,4,6H2,1,3H3. The average Bonchev–Trinajstić information content (AvgIpc) is 2.05. The van der Waals surface area contributed by atoms with Gasteiger partial charge in [0.25, 0.3) is 0 Å². The van der Waals surface area contributed by atoms with Crippen LogP contribution >= 0.6 is 0 Å². The van der Waals surface area contributed by atoms with Crippen molar-refractivity contribution >= 4 is 14.8 Å². The zero-order valence-corrected chi connectivity index (χ0v) is 8.37. The van der Waals surface area contributed by atoms with Crippen LogP contribution in [-0.2, 0) is 13.6 Å². The second-order valence-corrected chi connectivity index (χ2v) is 4.83. The van der Waals surface area contributed by atoms with Crippen LogP contribution in [-0.4, -0.2) is 26.7 Å². The summed E-state index contributed by atoms with van der Waals surface area (Å²) in [6.45, 7) is 5.09. The van der Waals surface area contributed by atoms with Crippen molar-refractivity contribution in [1.82, 2.24) is 0 Å². The molecule has 0 rings (SSSR count). The van der Waals surface area contributed by atoms with Gasteiger partial charge in [-0.15, -0.1) is 0 Å². The fourth-order valence-electron chi connectivity index (χ4n) is 0.710. The molecule has 0 aromatic carbocycles. The monoisotopic (exact) mass is 190 g/mol. The molecule has 0 amide bonds. The lowest BCUT2D eigenvalue weighted by molar-refractivity contribution is -0.132. The van der Waals surface area contributed by atoms with Gasteiger partial charge in [0, 0.05) is 19.2 Å². The minimum absolute atomic E-state index is 0.378. The first kappa shape index (κ1) is 11.3. The molecular formula is C7H14O4Si. The van der Waals surface area contributed by atoms with Crippen molar-refractivity contribution in [1.29, 1.82) is 0 Å². The van der Waals surface area contributed by atoms with Gasteiger partial charge in [-0.2, -0.15) is 0 Å². The van der Waals surface area contributed by atoms with E-state index in [4.69, 9.17) is 8.85 Å². The molecule has 0 bridgehead atoms. The van der Waals surface area contributed by atoms with Crippen LogP contribution in [0.5, 0.6) is 0 Å². The summed E-state index contributed by atoms with van der Waals surface area (Å²) in [5, 5.41) is 0. The van der Waals surface area contributed by atoms with Crippen LogP contribution in [0.1, 0.15) is 13.3 Å². The summed E-state index contributed by atoms with van der Waals surface area (Å²) in [6, 6.07) is 0.378. The fraction of sp³-hybridized carbons (Fsp3) is 0.571. The van der Waals surface area contributed by atoms with Gasteiger partial charge in [0.1, 0.15) is 0 Å². The van der Waals surface area contributed by atoms with Gasteiger partial charge in [0.05, 0.1) is 0 Å². The summed E-state index contributed by atoms with van der Waals surface area (Å²) < 4.78 is 9.45. The normalized spacial score (nSPS) is 14.9. The van der Waals surface area contributed by atoms with E-state index in [1.807, 2.05) is 6.92 Å². The molecule has 1 atom stereocenters. The van der Waals surface area contributed by atoms with E-state index in [0.717, 1.165) is 6.08 Å². The van der Waals surface area contributed by atoms with E-state index in [-0.39, 0.29) is 0 Å². The van der Waals surface area contributed by atoms with E-state index in [1.54, 1.807) is 0 Å². The summed E-state index contributed by atoms with van der Waals surface area (Å²) >= 11 is 0. The highest BCUT2D eigenvalue weighted by molar-refractivity contribution is 6.61. The number of hydrogen-bond donors (Lipinski definition) is 1. The van der Waals surface area contributed by atoms with Crippen LogP contribution < -0.4 is 0 Å². The van der Waals surface area contributed by atoms with E-state index < -0.39 is 14.8 Å². The molecule has 0 spiro atoms. The van der Waals surface area contributed by atoms with Gasteiger partial charge in [-0.3, -0.25) is 0 Å². The topological polar surface area (TPSA) is 55.8 Å². The Morgan fingerprint density at radius 3 is 2.67 bits per heavy atom. The van der Waals surface area contributed by atoms with E-state index in [2.05, 4.69) is 6.58 Å². The molecule has 0 aliphatic heterocycles. The average molecular weight is 190 g/mol. The summed E-state index contributed by atoms with van der Waals surface area (Å²) in [4.78, 5) is 20.3. The Kier molecular flexibility index (Phi) is 4.80. The molecular weight excluding hydrogens is 176 g/mol. The third-order valence-electron chi connectivity index (χ3n) is 1.31. The van der Waals surface area contributed by atoms with Crippen molar-refractivity contribution in [3.63, 3.8) is 0 Å². The van der Waals surface area contributed by atoms with Crippen molar-refractivity contribution in [2.45, 2.75) is 19.4 Å². The predicted octanol–water partition coefficient (Wildman–Crippen LogP) is 0.703. The molecule has 0 saturated heterocycles. The third-order valence-corrected chi connectivity index (χ3v) is 3.60. The lowest BCUT2D eigenvalue weighted by Crippen LogP contribution is -2.42. The lowest BCUT2D eigenvalue weighted by atomic mass is 10.6. The highest BCUT2D eigenvalue weighted by atomic mass is 28.4. The van der Waals surface area contributed by atoms with Gasteiger partial charge in [-0.25, -0.2) is 4.79 Å². The van der Waals surface area contributed by atoms with Crippen LogP contribution in [0.4, 0.5) is 0 Å². The van der Waals surface area contributed by atoms with Crippen LogP contribution in [0.15, 0.2) is 12.7 Å². The number of carbonyl (C=O) groups excluding carboxylic acids is 1. The zero-order valence-electron chi connectivity index (χ0n) is 7.37. The fourth-order valence-corrected chi connectivity index (χ4v) is 2.13. The quantitative estimate of drug-likeness (QED) is 0.512. The Bertz CT molecular complexity index is 171. The van der Waals surface area contributed by atoms with Crippen molar-refractivity contribution < 1.29 is 18.4 Å².